The molecule has 4 aliphatic rings. The SMILES string of the molecule is CN1CCC(N2CCN(c3cc(N4CCN(C(=O)OC(C)(C)C)CC4)cc(/C(N)=N/OC(=O)C4(C)CCCc5sc(N)c(C#N)c54)n3)CC2)CC1. The summed E-state index contributed by atoms with van der Waals surface area (Å²) in [5, 5.41) is 14.4. The number of hydrogen-bond acceptors (Lipinski definition) is 13. The van der Waals surface area contributed by atoms with Gasteiger partial charge in [0.2, 0.25) is 0 Å². The molecule has 0 saturated carbocycles. The number of amidine groups is 1. The van der Waals surface area contributed by atoms with Gasteiger partial charge in [-0.05, 0) is 86.0 Å². The van der Waals surface area contributed by atoms with E-state index in [9.17, 15) is 14.9 Å². The third-order valence-electron chi connectivity index (χ3n) is 10.6. The van der Waals surface area contributed by atoms with E-state index < -0.39 is 17.0 Å². The van der Waals surface area contributed by atoms with E-state index in [1.807, 2.05) is 26.8 Å². The van der Waals surface area contributed by atoms with Crippen LogP contribution in [-0.2, 0) is 26.2 Å². The van der Waals surface area contributed by atoms with Gasteiger partial charge in [0.1, 0.15) is 28.2 Å². The van der Waals surface area contributed by atoms with Gasteiger partial charge in [0.05, 0.1) is 11.0 Å². The van der Waals surface area contributed by atoms with Crippen molar-refractivity contribution in [2.24, 2.45) is 10.9 Å². The first kappa shape index (κ1) is 36.7. The number of hydrogen-bond donors (Lipinski definition) is 2. The maximum absolute atomic E-state index is 13.7. The Kier molecular flexibility index (Phi) is 10.7. The van der Waals surface area contributed by atoms with Crippen LogP contribution in [0.1, 0.15) is 75.1 Å². The molecule has 0 radical (unpaired) electrons. The lowest BCUT2D eigenvalue weighted by Crippen LogP contribution is -2.53. The van der Waals surface area contributed by atoms with Gasteiger partial charge < -0.3 is 40.6 Å². The molecule has 2 aromatic rings. The van der Waals surface area contributed by atoms with E-state index in [4.69, 9.17) is 26.0 Å². The standard InChI is InChI=1S/C36H52N10O4S/c1-35(2,3)49-34(48)46-19-15-44(16-20-46)25-21-27(40-29(22-25)45-17-13-43(14-18-45)24-8-11-42(5)12-9-24)31(38)41-50-33(47)36(4)10-6-7-28-30(36)26(23-37)32(39)51-28/h21-22,24H,6-20,39H2,1-5H3,(H2,38,41). The minimum absolute atomic E-state index is 0.0197. The van der Waals surface area contributed by atoms with Crippen molar-refractivity contribution in [1.82, 2.24) is 19.7 Å². The lowest BCUT2D eigenvalue weighted by Gasteiger charge is -2.42. The number of nitriles is 1. The number of oxime groups is 1. The van der Waals surface area contributed by atoms with Crippen molar-refractivity contribution in [3.8, 4) is 6.07 Å². The van der Waals surface area contributed by atoms with Crippen molar-refractivity contribution in [3.63, 3.8) is 0 Å². The number of likely N-dealkylation sites (tertiary alicyclic amines) is 1. The number of amides is 1. The summed E-state index contributed by atoms with van der Waals surface area (Å²) in [5.74, 6) is 0.176. The second-order valence-electron chi connectivity index (χ2n) is 15.4. The number of carbonyl (C=O) groups excluding carboxylic acids is 2. The number of nitrogens with two attached hydrogens (primary N) is 2. The van der Waals surface area contributed by atoms with Crippen LogP contribution in [0.3, 0.4) is 0 Å². The predicted molar refractivity (Wildman–Crippen MR) is 199 cm³/mol. The zero-order valence-corrected chi connectivity index (χ0v) is 31.4. The maximum atomic E-state index is 13.7. The van der Waals surface area contributed by atoms with Crippen molar-refractivity contribution < 1.29 is 19.2 Å². The molecule has 0 bridgehead atoms. The van der Waals surface area contributed by atoms with E-state index >= 15 is 0 Å². The van der Waals surface area contributed by atoms with E-state index in [0.29, 0.717) is 60.5 Å². The molecule has 5 heterocycles. The van der Waals surface area contributed by atoms with Crippen LogP contribution in [0.4, 0.5) is 21.3 Å². The average Bonchev–Trinajstić information content (AvgIpc) is 3.46. The molecule has 1 atom stereocenters. The number of ether oxygens (including phenoxy) is 1. The lowest BCUT2D eigenvalue weighted by molar-refractivity contribution is -0.150. The molecule has 3 saturated heterocycles. The van der Waals surface area contributed by atoms with Gasteiger partial charge in [0, 0.05) is 80.6 Å². The molecule has 1 unspecified atom stereocenters. The van der Waals surface area contributed by atoms with Crippen molar-refractivity contribution in [1.29, 1.82) is 5.26 Å². The van der Waals surface area contributed by atoms with Crippen LogP contribution in [0.25, 0.3) is 0 Å². The number of anilines is 3. The van der Waals surface area contributed by atoms with Crippen LogP contribution in [0.2, 0.25) is 0 Å². The first-order valence-corrected chi connectivity index (χ1v) is 18.9. The van der Waals surface area contributed by atoms with Crippen molar-refractivity contribution in [2.45, 2.75) is 76.9 Å². The number of nitrogen functional groups attached to an aromatic ring is 1. The van der Waals surface area contributed by atoms with Crippen LogP contribution in [0.15, 0.2) is 17.3 Å². The second kappa shape index (κ2) is 14.8. The molecule has 2 aromatic heterocycles. The number of thiophene rings is 1. The first-order valence-electron chi connectivity index (χ1n) is 18.1. The van der Waals surface area contributed by atoms with E-state index in [1.54, 1.807) is 11.8 Å². The number of pyridine rings is 1. The fourth-order valence-corrected chi connectivity index (χ4v) is 8.86. The Hall–Kier alpha value is -4.13. The van der Waals surface area contributed by atoms with Crippen LogP contribution in [-0.4, -0.2) is 122 Å². The third-order valence-corrected chi connectivity index (χ3v) is 11.7. The van der Waals surface area contributed by atoms with Crippen LogP contribution >= 0.6 is 11.3 Å². The number of fused-ring (bicyclic) bond motifs is 1. The summed E-state index contributed by atoms with van der Waals surface area (Å²) in [4.78, 5) is 49.1. The molecule has 15 heteroatoms. The Bertz CT molecular complexity index is 1680. The number of rotatable bonds is 6. The van der Waals surface area contributed by atoms with E-state index in [2.05, 4.69) is 43.9 Å². The van der Waals surface area contributed by atoms with E-state index in [1.165, 1.54) is 24.2 Å². The predicted octanol–water partition coefficient (Wildman–Crippen LogP) is 3.33. The molecular formula is C36H52N10O4S. The Morgan fingerprint density at radius 3 is 2.35 bits per heavy atom. The Morgan fingerprint density at radius 1 is 1.04 bits per heavy atom. The Labute approximate surface area is 304 Å². The largest absolute Gasteiger partial charge is 0.444 e. The summed E-state index contributed by atoms with van der Waals surface area (Å²) >= 11 is 1.36. The summed E-state index contributed by atoms with van der Waals surface area (Å²) in [7, 11) is 2.19. The van der Waals surface area contributed by atoms with Gasteiger partial charge in [-0.25, -0.2) is 14.6 Å². The third kappa shape index (κ3) is 8.03. The Balaban J connectivity index is 1.22. The zero-order valence-electron chi connectivity index (χ0n) is 30.6. The molecule has 1 amide bonds. The van der Waals surface area contributed by atoms with Crippen LogP contribution in [0, 0.1) is 11.3 Å². The Morgan fingerprint density at radius 2 is 1.71 bits per heavy atom. The summed E-state index contributed by atoms with van der Waals surface area (Å²) in [6.45, 7) is 15.4. The maximum Gasteiger partial charge on any atom is 0.410 e. The summed E-state index contributed by atoms with van der Waals surface area (Å²) in [6, 6.07) is 6.73. The van der Waals surface area contributed by atoms with Gasteiger partial charge in [-0.2, -0.15) is 5.26 Å². The average molecular weight is 721 g/mol. The molecule has 0 aromatic carbocycles. The highest BCUT2D eigenvalue weighted by molar-refractivity contribution is 7.16. The van der Waals surface area contributed by atoms with Crippen molar-refractivity contribution >= 4 is 45.7 Å². The fourth-order valence-electron chi connectivity index (χ4n) is 7.67. The zero-order chi connectivity index (χ0) is 36.5. The molecule has 1 aliphatic carbocycles. The topological polar surface area (TPSA) is 170 Å². The molecule has 14 nitrogen and oxygen atoms in total. The minimum atomic E-state index is -1.07. The number of aromatic nitrogens is 1. The molecule has 3 fully saturated rings. The highest BCUT2D eigenvalue weighted by atomic mass is 32.1. The highest BCUT2D eigenvalue weighted by Gasteiger charge is 2.45. The fraction of sp³-hybridized carbons (Fsp3) is 0.639. The smallest absolute Gasteiger partial charge is 0.410 e. The van der Waals surface area contributed by atoms with Gasteiger partial charge in [0.15, 0.2) is 5.84 Å². The van der Waals surface area contributed by atoms with E-state index in [-0.39, 0.29) is 11.9 Å². The molecule has 4 N–H and O–H groups in total. The van der Waals surface area contributed by atoms with E-state index in [0.717, 1.165) is 68.5 Å². The molecule has 276 valence electrons. The van der Waals surface area contributed by atoms with Gasteiger partial charge in [-0.15, -0.1) is 11.3 Å². The number of carbonyl (C=O) groups is 2. The monoisotopic (exact) mass is 720 g/mol. The normalized spacial score (nSPS) is 22.7. The quantitative estimate of drug-likeness (QED) is 0.194. The summed E-state index contributed by atoms with van der Waals surface area (Å²) in [6.07, 6.45) is 4.10. The second-order valence-corrected chi connectivity index (χ2v) is 16.5. The number of aryl methyl sites for hydroxylation is 1. The lowest BCUT2D eigenvalue weighted by atomic mass is 9.72. The minimum Gasteiger partial charge on any atom is -0.444 e. The van der Waals surface area contributed by atoms with Gasteiger partial charge in [0.25, 0.3) is 0 Å². The van der Waals surface area contributed by atoms with Crippen molar-refractivity contribution in [3.05, 3.63) is 33.8 Å². The molecule has 6 rings (SSSR count). The number of nitrogens with zero attached hydrogens (tertiary/aromatic N) is 8. The summed E-state index contributed by atoms with van der Waals surface area (Å²) in [5.41, 5.74) is 13.3. The molecule has 0 spiro atoms. The van der Waals surface area contributed by atoms with Gasteiger partial charge in [-0.1, -0.05) is 5.16 Å². The number of piperazine rings is 2. The molecule has 3 aliphatic heterocycles. The molecule has 51 heavy (non-hydrogen) atoms. The van der Waals surface area contributed by atoms with Crippen LogP contribution in [0.5, 0.6) is 0 Å². The van der Waals surface area contributed by atoms with Crippen molar-refractivity contribution in [2.75, 3.05) is 88.0 Å². The van der Waals surface area contributed by atoms with Gasteiger partial charge >= 0.3 is 12.1 Å². The highest BCUT2D eigenvalue weighted by Crippen LogP contribution is 2.46. The van der Waals surface area contributed by atoms with Gasteiger partial charge in [-0.3, -0.25) is 4.90 Å². The number of piperidine rings is 1. The van der Waals surface area contributed by atoms with Crippen LogP contribution < -0.4 is 21.3 Å². The first-order chi connectivity index (χ1) is 24.3. The summed E-state index contributed by atoms with van der Waals surface area (Å²) < 4.78 is 5.61. The molecular weight excluding hydrogens is 669 g/mol.